The Bertz CT molecular complexity index is 1170. The number of hydrogen-bond acceptors (Lipinski definition) is 7. The molecule has 0 fully saturated rings. The fourth-order valence-electron chi connectivity index (χ4n) is 4.14. The van der Waals surface area contributed by atoms with Crippen molar-refractivity contribution in [1.29, 1.82) is 0 Å². The molecular weight excluding hydrogens is 426 g/mol. The molecule has 0 radical (unpaired) electrons. The summed E-state index contributed by atoms with van der Waals surface area (Å²) in [6.07, 6.45) is 3.45. The molecule has 2 amide bonds. The van der Waals surface area contributed by atoms with Gasteiger partial charge in [-0.15, -0.1) is 10.2 Å². The lowest BCUT2D eigenvalue weighted by molar-refractivity contribution is 0.0758. The molecule has 2 aliphatic rings. The molecule has 0 saturated carbocycles. The summed E-state index contributed by atoms with van der Waals surface area (Å²) < 4.78 is 17.8. The number of hydrogen-bond donors (Lipinski definition) is 1. The van der Waals surface area contributed by atoms with Crippen LogP contribution < -0.4 is 14.8 Å². The molecular formula is C23H25N5O5. The lowest BCUT2D eigenvalue weighted by Gasteiger charge is -2.23. The number of furan rings is 1. The van der Waals surface area contributed by atoms with E-state index < -0.39 is 0 Å². The summed E-state index contributed by atoms with van der Waals surface area (Å²) in [6.45, 7) is 5.79. The van der Waals surface area contributed by atoms with Crippen molar-refractivity contribution in [3.05, 3.63) is 59.6 Å². The van der Waals surface area contributed by atoms with Crippen LogP contribution in [-0.4, -0.2) is 51.4 Å². The Morgan fingerprint density at radius 1 is 1.03 bits per heavy atom. The van der Waals surface area contributed by atoms with Crippen LogP contribution in [0, 0.1) is 5.92 Å². The largest absolute Gasteiger partial charge is 0.472 e. The van der Waals surface area contributed by atoms with Gasteiger partial charge in [-0.25, -0.2) is 0 Å². The number of rotatable bonds is 5. The molecule has 0 saturated heterocycles. The van der Waals surface area contributed by atoms with Gasteiger partial charge in [0.15, 0.2) is 17.3 Å². The van der Waals surface area contributed by atoms with E-state index >= 15 is 0 Å². The molecule has 2 aromatic heterocycles. The van der Waals surface area contributed by atoms with Crippen LogP contribution >= 0.6 is 0 Å². The number of nitrogens with zero attached hydrogens (tertiary/aromatic N) is 4. The van der Waals surface area contributed by atoms with Gasteiger partial charge in [0.1, 0.15) is 12.1 Å². The second kappa shape index (κ2) is 8.61. The minimum atomic E-state index is -0.329. The smallest absolute Gasteiger partial charge is 0.255 e. The van der Waals surface area contributed by atoms with E-state index in [0.717, 1.165) is 5.82 Å². The molecule has 4 heterocycles. The monoisotopic (exact) mass is 451 g/mol. The van der Waals surface area contributed by atoms with Gasteiger partial charge in [0, 0.05) is 31.6 Å². The number of benzene rings is 1. The first-order valence-electron chi connectivity index (χ1n) is 10.9. The van der Waals surface area contributed by atoms with Gasteiger partial charge >= 0.3 is 0 Å². The van der Waals surface area contributed by atoms with Crippen molar-refractivity contribution >= 4 is 11.8 Å². The Labute approximate surface area is 190 Å². The average molecular weight is 451 g/mol. The number of carbonyl (C=O) groups is 2. The third-order valence-corrected chi connectivity index (χ3v) is 5.98. The van der Waals surface area contributed by atoms with E-state index in [1.807, 2.05) is 23.3 Å². The highest BCUT2D eigenvalue weighted by Gasteiger charge is 2.29. The maximum absolute atomic E-state index is 13.1. The molecule has 172 valence electrons. The zero-order chi connectivity index (χ0) is 22.9. The molecule has 0 aliphatic carbocycles. The number of amides is 2. The summed E-state index contributed by atoms with van der Waals surface area (Å²) in [6, 6.07) is 6.53. The first kappa shape index (κ1) is 21.0. The Hall–Kier alpha value is -3.82. The van der Waals surface area contributed by atoms with Crippen molar-refractivity contribution in [2.45, 2.75) is 32.9 Å². The quantitative estimate of drug-likeness (QED) is 0.634. The van der Waals surface area contributed by atoms with Gasteiger partial charge in [0.05, 0.1) is 17.9 Å². The van der Waals surface area contributed by atoms with Crippen LogP contribution in [0.15, 0.2) is 41.2 Å². The molecule has 0 bridgehead atoms. The van der Waals surface area contributed by atoms with Crippen LogP contribution in [0.25, 0.3) is 0 Å². The molecule has 5 rings (SSSR count). The molecule has 1 atom stereocenters. The first-order valence-corrected chi connectivity index (χ1v) is 10.9. The predicted molar refractivity (Wildman–Crippen MR) is 116 cm³/mol. The van der Waals surface area contributed by atoms with E-state index in [1.165, 1.54) is 12.5 Å². The van der Waals surface area contributed by atoms with E-state index in [4.69, 9.17) is 13.9 Å². The van der Waals surface area contributed by atoms with Crippen molar-refractivity contribution in [3.8, 4) is 11.5 Å². The van der Waals surface area contributed by atoms with Crippen molar-refractivity contribution in [2.24, 2.45) is 5.92 Å². The van der Waals surface area contributed by atoms with Gasteiger partial charge in [-0.1, -0.05) is 13.8 Å². The minimum absolute atomic E-state index is 0.0674. The molecule has 0 spiro atoms. The third kappa shape index (κ3) is 4.04. The number of aromatic nitrogens is 3. The normalized spacial score (nSPS) is 15.8. The maximum atomic E-state index is 13.1. The Morgan fingerprint density at radius 3 is 2.67 bits per heavy atom. The van der Waals surface area contributed by atoms with Gasteiger partial charge in [-0.3, -0.25) is 9.59 Å². The van der Waals surface area contributed by atoms with Crippen molar-refractivity contribution in [1.82, 2.24) is 25.0 Å². The first-order chi connectivity index (χ1) is 16.0. The number of carbonyl (C=O) groups excluding carboxylic acids is 2. The van der Waals surface area contributed by atoms with Gasteiger partial charge in [0.2, 0.25) is 6.79 Å². The maximum Gasteiger partial charge on any atom is 0.255 e. The number of ether oxygens (including phenoxy) is 2. The fraction of sp³-hybridized carbons (Fsp3) is 0.391. The van der Waals surface area contributed by atoms with Gasteiger partial charge < -0.3 is 28.7 Å². The average Bonchev–Trinajstić information content (AvgIpc) is 3.55. The Kier molecular flexibility index (Phi) is 5.49. The zero-order valence-electron chi connectivity index (χ0n) is 18.5. The zero-order valence-corrected chi connectivity index (χ0v) is 18.5. The summed E-state index contributed by atoms with van der Waals surface area (Å²) in [5.74, 6) is 2.51. The van der Waals surface area contributed by atoms with E-state index in [9.17, 15) is 9.59 Å². The van der Waals surface area contributed by atoms with Crippen LogP contribution in [-0.2, 0) is 13.0 Å². The summed E-state index contributed by atoms with van der Waals surface area (Å²) in [4.78, 5) is 27.6. The van der Waals surface area contributed by atoms with E-state index in [2.05, 4.69) is 15.5 Å². The van der Waals surface area contributed by atoms with E-state index in [-0.39, 0.29) is 30.6 Å². The number of nitrogens with one attached hydrogen (secondary N) is 1. The van der Waals surface area contributed by atoms with Crippen LogP contribution in [0.4, 0.5) is 0 Å². The highest BCUT2D eigenvalue weighted by molar-refractivity contribution is 5.95. The second-order valence-corrected chi connectivity index (χ2v) is 8.44. The molecule has 10 nitrogen and oxygen atoms in total. The predicted octanol–water partition coefficient (Wildman–Crippen LogP) is 2.43. The van der Waals surface area contributed by atoms with E-state index in [0.29, 0.717) is 54.5 Å². The standard InChI is InChI=1S/C23H25N5O5/c1-14(2)20(24-22(29)16-6-10-31-12-16)21-26-25-19-5-7-27(8-9-28(19)21)23(30)15-3-4-17-18(11-15)33-13-32-17/h3-4,6,10-12,14,20H,5,7-9,13H2,1-2H3,(H,24,29)/t20-/m1/s1. The molecule has 3 aromatic rings. The van der Waals surface area contributed by atoms with Crippen LogP contribution in [0.1, 0.15) is 52.3 Å². The molecule has 0 unspecified atom stereocenters. The SMILES string of the molecule is CC(C)[C@@H](NC(=O)c1ccoc1)c1nnc2n1CCN(C(=O)c1ccc3c(c1)OCO3)CC2. The van der Waals surface area contributed by atoms with Crippen molar-refractivity contribution in [3.63, 3.8) is 0 Å². The molecule has 33 heavy (non-hydrogen) atoms. The fourth-order valence-corrected chi connectivity index (χ4v) is 4.14. The topological polar surface area (TPSA) is 112 Å². The van der Waals surface area contributed by atoms with Gasteiger partial charge in [0.25, 0.3) is 11.8 Å². The highest BCUT2D eigenvalue weighted by atomic mass is 16.7. The van der Waals surface area contributed by atoms with Gasteiger partial charge in [-0.2, -0.15) is 0 Å². The van der Waals surface area contributed by atoms with Crippen LogP contribution in [0.3, 0.4) is 0 Å². The highest BCUT2D eigenvalue weighted by Crippen LogP contribution is 2.33. The number of fused-ring (bicyclic) bond motifs is 2. The van der Waals surface area contributed by atoms with Gasteiger partial charge in [-0.05, 0) is 30.2 Å². The second-order valence-electron chi connectivity index (χ2n) is 8.44. The summed E-state index contributed by atoms with van der Waals surface area (Å²) in [5.41, 5.74) is 1.02. The van der Waals surface area contributed by atoms with Crippen LogP contribution in [0.2, 0.25) is 0 Å². The molecule has 10 heteroatoms. The molecule has 2 aliphatic heterocycles. The molecule has 1 aromatic carbocycles. The minimum Gasteiger partial charge on any atom is -0.472 e. The lowest BCUT2D eigenvalue weighted by Crippen LogP contribution is -2.35. The van der Waals surface area contributed by atoms with E-state index in [1.54, 1.807) is 24.3 Å². The summed E-state index contributed by atoms with van der Waals surface area (Å²) in [7, 11) is 0. The van der Waals surface area contributed by atoms with Crippen LogP contribution in [0.5, 0.6) is 11.5 Å². The Morgan fingerprint density at radius 2 is 1.88 bits per heavy atom. The molecule has 1 N–H and O–H groups in total. The summed E-state index contributed by atoms with van der Waals surface area (Å²) >= 11 is 0. The summed E-state index contributed by atoms with van der Waals surface area (Å²) in [5, 5.41) is 11.8. The van der Waals surface area contributed by atoms with Crippen molar-refractivity contribution in [2.75, 3.05) is 19.9 Å². The third-order valence-electron chi connectivity index (χ3n) is 5.98. The lowest BCUT2D eigenvalue weighted by atomic mass is 10.0. The van der Waals surface area contributed by atoms with Crippen molar-refractivity contribution < 1.29 is 23.5 Å². The Balaban J connectivity index is 1.33.